The Morgan fingerprint density at radius 3 is 2.12 bits per heavy atom. The van der Waals surface area contributed by atoms with Crippen LogP contribution in [-0.2, 0) is 14.4 Å². The van der Waals surface area contributed by atoms with Gasteiger partial charge in [-0.05, 0) is 31.3 Å². The Morgan fingerprint density at radius 2 is 1.75 bits per heavy atom. The predicted octanol–water partition coefficient (Wildman–Crippen LogP) is -1.22. The molecule has 0 radical (unpaired) electrons. The van der Waals surface area contributed by atoms with Crippen LogP contribution in [0.25, 0.3) is 0 Å². The maximum absolute atomic E-state index is 10.5. The van der Waals surface area contributed by atoms with Gasteiger partial charge in [0.05, 0.1) is 0 Å². The predicted molar refractivity (Wildman–Crippen MR) is 93.8 cm³/mol. The third-order valence-electron chi connectivity index (χ3n) is 2.57. The van der Waals surface area contributed by atoms with Crippen LogP contribution in [0.4, 0.5) is 0 Å². The zero-order valence-electron chi connectivity index (χ0n) is 13.9. The van der Waals surface area contributed by atoms with E-state index in [0.717, 1.165) is 5.75 Å². The molecule has 1 amide bonds. The minimum atomic E-state index is -1.00. The van der Waals surface area contributed by atoms with Gasteiger partial charge in [-0.1, -0.05) is 0 Å². The van der Waals surface area contributed by atoms with Crippen LogP contribution in [-0.4, -0.2) is 64.7 Å². The first-order chi connectivity index (χ1) is 11.1. The van der Waals surface area contributed by atoms with Crippen LogP contribution < -0.4 is 22.5 Å². The quantitative estimate of drug-likeness (QED) is 0.156. The molecular weight excluding hydrogens is 338 g/mol. The first-order valence-corrected chi connectivity index (χ1v) is 8.53. The molecule has 9 N–H and O–H groups in total. The van der Waals surface area contributed by atoms with Crippen molar-refractivity contribution in [3.63, 3.8) is 0 Å². The topological polar surface area (TPSA) is 194 Å². The van der Waals surface area contributed by atoms with Gasteiger partial charge in [0.15, 0.2) is 5.96 Å². The molecule has 0 aromatic heterocycles. The molecule has 24 heavy (non-hydrogen) atoms. The molecule has 0 spiro atoms. The first-order valence-electron chi connectivity index (χ1n) is 7.14. The number of nitrogens with two attached hydrogens (primary N) is 3. The van der Waals surface area contributed by atoms with E-state index in [2.05, 4.69) is 10.3 Å². The number of aliphatic imine (C=N–C) groups is 1. The van der Waals surface area contributed by atoms with Crippen LogP contribution in [0.5, 0.6) is 0 Å². The molecule has 0 bridgehead atoms. The average molecular weight is 365 g/mol. The van der Waals surface area contributed by atoms with Crippen molar-refractivity contribution in [1.29, 1.82) is 0 Å². The molecule has 0 unspecified atom stereocenters. The highest BCUT2D eigenvalue weighted by atomic mass is 32.2. The number of guanidine groups is 1. The second kappa shape index (κ2) is 14.6. The Kier molecular flexibility index (Phi) is 14.7. The zero-order chi connectivity index (χ0) is 19.1. The van der Waals surface area contributed by atoms with Crippen molar-refractivity contribution in [2.45, 2.75) is 38.3 Å². The second-order valence-electron chi connectivity index (χ2n) is 4.77. The van der Waals surface area contributed by atoms with Crippen LogP contribution in [0.3, 0.4) is 0 Å². The lowest BCUT2D eigenvalue weighted by molar-refractivity contribution is -0.141. The summed E-state index contributed by atoms with van der Waals surface area (Å²) in [5.74, 6) is -1.53. The summed E-state index contributed by atoms with van der Waals surface area (Å²) in [4.78, 5) is 35.0. The zero-order valence-corrected chi connectivity index (χ0v) is 14.7. The molecule has 0 aliphatic carbocycles. The number of carboxylic acids is 2. The monoisotopic (exact) mass is 365 g/mol. The van der Waals surface area contributed by atoms with Gasteiger partial charge in [-0.25, -0.2) is 4.79 Å². The molecule has 0 aliphatic heterocycles. The van der Waals surface area contributed by atoms with Crippen LogP contribution in [0.15, 0.2) is 4.99 Å². The van der Waals surface area contributed by atoms with E-state index >= 15 is 0 Å². The molecule has 0 aromatic carbocycles. The van der Waals surface area contributed by atoms with E-state index < -0.39 is 24.0 Å². The molecule has 11 heteroatoms. The van der Waals surface area contributed by atoms with Crippen LogP contribution in [0.1, 0.15) is 26.2 Å². The number of carbonyl (C=O) groups excluding carboxylic acids is 1. The van der Waals surface area contributed by atoms with Gasteiger partial charge in [-0.3, -0.25) is 14.6 Å². The van der Waals surface area contributed by atoms with Crippen molar-refractivity contribution in [3.8, 4) is 0 Å². The fourth-order valence-electron chi connectivity index (χ4n) is 1.38. The van der Waals surface area contributed by atoms with E-state index in [-0.39, 0.29) is 11.9 Å². The van der Waals surface area contributed by atoms with E-state index in [0.29, 0.717) is 25.8 Å². The minimum absolute atomic E-state index is 0.0129. The molecule has 0 aromatic rings. The van der Waals surface area contributed by atoms with Gasteiger partial charge in [0, 0.05) is 13.5 Å². The van der Waals surface area contributed by atoms with Gasteiger partial charge < -0.3 is 32.7 Å². The van der Waals surface area contributed by atoms with Gasteiger partial charge in [0.2, 0.25) is 5.91 Å². The van der Waals surface area contributed by atoms with Crippen molar-refractivity contribution in [2.24, 2.45) is 22.2 Å². The first kappa shape index (κ1) is 24.2. The molecule has 0 rings (SSSR count). The second-order valence-corrected chi connectivity index (χ2v) is 5.75. The maximum Gasteiger partial charge on any atom is 0.326 e. The Hall–Kier alpha value is -2.01. The number of carboxylic acid groups (broad SMARTS) is 2. The molecule has 10 nitrogen and oxygen atoms in total. The molecule has 0 fully saturated rings. The summed E-state index contributed by atoms with van der Waals surface area (Å²) in [6.45, 7) is 1.73. The van der Waals surface area contributed by atoms with Crippen molar-refractivity contribution in [3.05, 3.63) is 0 Å². The summed E-state index contributed by atoms with van der Waals surface area (Å²) in [7, 11) is 0. The fraction of sp³-hybridized carbons (Fsp3) is 0.692. The van der Waals surface area contributed by atoms with Gasteiger partial charge in [-0.15, -0.1) is 0 Å². The molecular formula is C13H27N5O5S. The lowest BCUT2D eigenvalue weighted by atomic mass is 10.2. The number of rotatable bonds is 10. The SMILES string of the molecule is CSCC[C@H](NC(C)=O)C(=O)O.NC(N)=NCCC[C@H](N)C(=O)O. The summed E-state index contributed by atoms with van der Waals surface area (Å²) in [5, 5.41) is 19.4. The fourth-order valence-corrected chi connectivity index (χ4v) is 1.85. The van der Waals surface area contributed by atoms with E-state index in [9.17, 15) is 14.4 Å². The minimum Gasteiger partial charge on any atom is -0.480 e. The smallest absolute Gasteiger partial charge is 0.326 e. The summed E-state index contributed by atoms with van der Waals surface area (Å²) in [6, 6.07) is -1.56. The summed E-state index contributed by atoms with van der Waals surface area (Å²) >= 11 is 1.56. The number of hydrogen-bond donors (Lipinski definition) is 6. The van der Waals surface area contributed by atoms with Crippen molar-refractivity contribution >= 4 is 35.6 Å². The molecule has 0 saturated carbocycles. The van der Waals surface area contributed by atoms with Gasteiger partial charge in [0.1, 0.15) is 12.1 Å². The van der Waals surface area contributed by atoms with Crippen LogP contribution in [0, 0.1) is 0 Å². The van der Waals surface area contributed by atoms with Crippen LogP contribution in [0.2, 0.25) is 0 Å². The highest BCUT2D eigenvalue weighted by Gasteiger charge is 2.16. The van der Waals surface area contributed by atoms with E-state index in [1.54, 1.807) is 11.8 Å². The van der Waals surface area contributed by atoms with Crippen LogP contribution >= 0.6 is 11.8 Å². The maximum atomic E-state index is 10.5. The van der Waals surface area contributed by atoms with Crippen molar-refractivity contribution in [1.82, 2.24) is 5.32 Å². The van der Waals surface area contributed by atoms with E-state index in [1.807, 2.05) is 6.26 Å². The third-order valence-corrected chi connectivity index (χ3v) is 3.22. The number of aliphatic carboxylic acids is 2. The molecule has 140 valence electrons. The Morgan fingerprint density at radius 1 is 1.17 bits per heavy atom. The van der Waals surface area contributed by atoms with Gasteiger partial charge in [0.25, 0.3) is 0 Å². The highest BCUT2D eigenvalue weighted by molar-refractivity contribution is 7.98. The molecule has 0 saturated heterocycles. The Bertz CT molecular complexity index is 429. The number of nitrogens with zero attached hydrogens (tertiary/aromatic N) is 1. The number of amides is 1. The van der Waals surface area contributed by atoms with Gasteiger partial charge >= 0.3 is 11.9 Å². The summed E-state index contributed by atoms with van der Waals surface area (Å²) in [5.41, 5.74) is 15.3. The molecule has 0 aliphatic rings. The average Bonchev–Trinajstić information content (AvgIpc) is 2.47. The lowest BCUT2D eigenvalue weighted by Crippen LogP contribution is -2.39. The number of carbonyl (C=O) groups is 3. The summed E-state index contributed by atoms with van der Waals surface area (Å²) < 4.78 is 0. The van der Waals surface area contributed by atoms with E-state index in [1.165, 1.54) is 6.92 Å². The van der Waals surface area contributed by atoms with Crippen molar-refractivity contribution in [2.75, 3.05) is 18.6 Å². The standard InChI is InChI=1S/C7H13NO3S.C6H14N4O2/c1-5(9)8-6(7(10)11)3-4-12-2;7-4(5(11)12)2-1-3-10-6(8)9/h6H,3-4H2,1-2H3,(H,8,9)(H,10,11);4H,1-3,7H2,(H,11,12)(H4,8,9,10)/t6-;4-/m00/s1. The number of thioether (sulfide) groups is 1. The Labute approximate surface area is 145 Å². The highest BCUT2D eigenvalue weighted by Crippen LogP contribution is 2.00. The number of hydrogen-bond acceptors (Lipinski definition) is 6. The normalized spacial score (nSPS) is 12.1. The summed E-state index contributed by atoms with van der Waals surface area (Å²) in [6.07, 6.45) is 3.32. The largest absolute Gasteiger partial charge is 0.480 e. The molecule has 0 heterocycles. The Balaban J connectivity index is 0. The van der Waals surface area contributed by atoms with Crippen molar-refractivity contribution < 1.29 is 24.6 Å². The van der Waals surface area contributed by atoms with E-state index in [4.69, 9.17) is 27.4 Å². The number of nitrogens with one attached hydrogen (secondary N) is 1. The molecule has 2 atom stereocenters. The third kappa shape index (κ3) is 16.4. The lowest BCUT2D eigenvalue weighted by Gasteiger charge is -2.11. The van der Waals surface area contributed by atoms with Gasteiger partial charge in [-0.2, -0.15) is 11.8 Å².